The van der Waals surface area contributed by atoms with Crippen molar-refractivity contribution in [3.8, 4) is 28.5 Å². The summed E-state index contributed by atoms with van der Waals surface area (Å²) in [6.45, 7) is 5.23. The second-order valence-corrected chi connectivity index (χ2v) is 11.9. The van der Waals surface area contributed by atoms with Crippen molar-refractivity contribution >= 4 is 17.4 Å². The third-order valence-electron chi connectivity index (χ3n) is 7.32. The van der Waals surface area contributed by atoms with Crippen LogP contribution >= 0.6 is 0 Å². The van der Waals surface area contributed by atoms with Crippen LogP contribution in [0.1, 0.15) is 56.8 Å². The van der Waals surface area contributed by atoms with Crippen LogP contribution in [-0.2, 0) is 9.53 Å². The molecule has 1 aliphatic carbocycles. The minimum Gasteiger partial charge on any atom is -0.496 e. The number of halogens is 2. The van der Waals surface area contributed by atoms with Crippen molar-refractivity contribution in [1.82, 2.24) is 14.3 Å². The number of hydrogen-bond acceptors (Lipinski definition) is 8. The minimum absolute atomic E-state index is 0.0385. The molecule has 2 aromatic heterocycles. The van der Waals surface area contributed by atoms with Gasteiger partial charge in [-0.05, 0) is 64.2 Å². The second kappa shape index (κ2) is 12.2. The number of carbonyl (C=O) groups excluding carboxylic acids is 2. The minimum atomic E-state index is -3.09. The SMILES string of the molecule is COc1cc(-c2cnc3cc(OCCCN4CC(C(=O)OC(C)(C)C)C4)ccn23)cc(OC(F)F)c1C(=O)CC1CC1. The third kappa shape index (κ3) is 7.18. The first-order chi connectivity index (χ1) is 20.0. The van der Waals surface area contributed by atoms with Crippen LogP contribution in [0.2, 0.25) is 0 Å². The number of fused-ring (bicyclic) bond motifs is 1. The number of hydrogen-bond donors (Lipinski definition) is 0. The van der Waals surface area contributed by atoms with Crippen LogP contribution in [0.5, 0.6) is 17.2 Å². The molecule has 9 nitrogen and oxygen atoms in total. The van der Waals surface area contributed by atoms with Crippen molar-refractivity contribution in [1.29, 1.82) is 0 Å². The average molecular weight is 586 g/mol. The van der Waals surface area contributed by atoms with Crippen LogP contribution in [-0.4, -0.2) is 71.6 Å². The Morgan fingerprint density at radius 1 is 1.12 bits per heavy atom. The number of alkyl halides is 2. The lowest BCUT2D eigenvalue weighted by Crippen LogP contribution is -2.52. The second-order valence-electron chi connectivity index (χ2n) is 11.9. The number of pyridine rings is 1. The molecule has 3 heterocycles. The fourth-order valence-electron chi connectivity index (χ4n) is 5.08. The van der Waals surface area contributed by atoms with E-state index in [1.807, 2.05) is 26.8 Å². The number of rotatable bonds is 13. The van der Waals surface area contributed by atoms with E-state index in [2.05, 4.69) is 9.88 Å². The molecule has 5 rings (SSSR count). The van der Waals surface area contributed by atoms with Gasteiger partial charge in [0.25, 0.3) is 0 Å². The van der Waals surface area contributed by atoms with Gasteiger partial charge in [0.15, 0.2) is 5.78 Å². The summed E-state index contributed by atoms with van der Waals surface area (Å²) in [5.74, 6) is 0.423. The zero-order valence-electron chi connectivity index (χ0n) is 24.4. The quantitative estimate of drug-likeness (QED) is 0.145. The van der Waals surface area contributed by atoms with Gasteiger partial charge < -0.3 is 23.8 Å². The van der Waals surface area contributed by atoms with E-state index in [0.29, 0.717) is 42.4 Å². The summed E-state index contributed by atoms with van der Waals surface area (Å²) in [5.41, 5.74) is 1.31. The van der Waals surface area contributed by atoms with Gasteiger partial charge in [-0.1, -0.05) is 0 Å². The summed E-state index contributed by atoms with van der Waals surface area (Å²) >= 11 is 0. The van der Waals surface area contributed by atoms with Gasteiger partial charge in [0.05, 0.1) is 31.5 Å². The van der Waals surface area contributed by atoms with E-state index >= 15 is 0 Å². The number of esters is 1. The Kier molecular flexibility index (Phi) is 8.68. The Balaban J connectivity index is 1.22. The number of imidazole rings is 1. The number of Topliss-reactive ketones (excluding diaryl/α,β-unsaturated/α-hetero) is 1. The zero-order chi connectivity index (χ0) is 30.0. The van der Waals surface area contributed by atoms with Gasteiger partial charge in [-0.15, -0.1) is 0 Å². The number of ketones is 1. The molecule has 0 unspecified atom stereocenters. The van der Waals surface area contributed by atoms with Gasteiger partial charge in [0.2, 0.25) is 0 Å². The maximum atomic E-state index is 13.3. The number of likely N-dealkylation sites (tertiary alicyclic amines) is 1. The zero-order valence-corrected chi connectivity index (χ0v) is 24.4. The highest BCUT2D eigenvalue weighted by Gasteiger charge is 2.35. The van der Waals surface area contributed by atoms with Crippen LogP contribution in [0.3, 0.4) is 0 Å². The van der Waals surface area contributed by atoms with Gasteiger partial charge in [-0.25, -0.2) is 4.98 Å². The van der Waals surface area contributed by atoms with Crippen molar-refractivity contribution in [3.63, 3.8) is 0 Å². The van der Waals surface area contributed by atoms with E-state index in [4.69, 9.17) is 18.9 Å². The summed E-state index contributed by atoms with van der Waals surface area (Å²) < 4.78 is 50.1. The number of ether oxygens (including phenoxy) is 4. The van der Waals surface area contributed by atoms with E-state index in [9.17, 15) is 18.4 Å². The standard InChI is InChI=1S/C31H37F2N3O6/c1-31(2,3)42-29(38)21-17-35(18-21)9-5-11-40-22-8-10-36-23(16-34-27(36)15-22)20-13-25(39-4)28(24(37)12-19-6-7-19)26(14-20)41-30(32)33/h8,10,13-16,19,21,30H,5-7,9,11-12,17-18H2,1-4H3. The predicted octanol–water partition coefficient (Wildman–Crippen LogP) is 5.64. The van der Waals surface area contributed by atoms with Crippen LogP contribution in [0.15, 0.2) is 36.7 Å². The van der Waals surface area contributed by atoms with Crippen LogP contribution in [0, 0.1) is 11.8 Å². The van der Waals surface area contributed by atoms with E-state index in [-0.39, 0.29) is 47.1 Å². The highest BCUT2D eigenvalue weighted by Crippen LogP contribution is 2.40. The van der Waals surface area contributed by atoms with Crippen molar-refractivity contribution in [2.45, 2.75) is 58.7 Å². The molecule has 1 saturated heterocycles. The molecule has 2 fully saturated rings. The molecule has 0 bridgehead atoms. The number of nitrogens with zero attached hydrogens (tertiary/aromatic N) is 3. The van der Waals surface area contributed by atoms with E-state index in [1.165, 1.54) is 13.2 Å². The highest BCUT2D eigenvalue weighted by atomic mass is 19.3. The molecule has 2 aliphatic rings. The lowest BCUT2D eigenvalue weighted by atomic mass is 10.00. The molecule has 42 heavy (non-hydrogen) atoms. The number of methoxy groups -OCH3 is 1. The molecule has 0 N–H and O–H groups in total. The summed E-state index contributed by atoms with van der Waals surface area (Å²) in [7, 11) is 1.40. The first kappa shape index (κ1) is 29.8. The molecule has 1 aliphatic heterocycles. The van der Waals surface area contributed by atoms with Gasteiger partial charge in [0, 0.05) is 43.9 Å². The topological polar surface area (TPSA) is 91.6 Å². The van der Waals surface area contributed by atoms with E-state index in [0.717, 1.165) is 25.8 Å². The molecular formula is C31H37F2N3O6. The molecule has 11 heteroatoms. The molecule has 226 valence electrons. The summed E-state index contributed by atoms with van der Waals surface area (Å²) in [6, 6.07) is 6.69. The van der Waals surface area contributed by atoms with Crippen molar-refractivity contribution in [3.05, 3.63) is 42.2 Å². The van der Waals surface area contributed by atoms with Crippen molar-refractivity contribution < 1.29 is 37.3 Å². The molecule has 1 aromatic carbocycles. The Bertz CT molecular complexity index is 1440. The molecule has 0 spiro atoms. The lowest BCUT2D eigenvalue weighted by Gasteiger charge is -2.38. The maximum Gasteiger partial charge on any atom is 0.387 e. The summed E-state index contributed by atoms with van der Waals surface area (Å²) in [6.07, 6.45) is 6.40. The summed E-state index contributed by atoms with van der Waals surface area (Å²) in [4.78, 5) is 31.7. The van der Waals surface area contributed by atoms with Crippen LogP contribution in [0.4, 0.5) is 8.78 Å². The largest absolute Gasteiger partial charge is 0.496 e. The molecule has 1 saturated carbocycles. The molecule has 0 radical (unpaired) electrons. The summed E-state index contributed by atoms with van der Waals surface area (Å²) in [5, 5.41) is 0. The number of carbonyl (C=O) groups is 2. The Labute approximate surface area is 243 Å². The normalized spacial score (nSPS) is 16.0. The van der Waals surface area contributed by atoms with Gasteiger partial charge in [-0.3, -0.25) is 14.0 Å². The van der Waals surface area contributed by atoms with Crippen LogP contribution in [0.25, 0.3) is 16.9 Å². The fraction of sp³-hybridized carbons (Fsp3) is 0.516. The van der Waals surface area contributed by atoms with Gasteiger partial charge in [0.1, 0.15) is 34.1 Å². The smallest absolute Gasteiger partial charge is 0.387 e. The number of aromatic nitrogens is 2. The van der Waals surface area contributed by atoms with E-state index in [1.54, 1.807) is 28.9 Å². The van der Waals surface area contributed by atoms with Crippen molar-refractivity contribution in [2.24, 2.45) is 11.8 Å². The maximum absolute atomic E-state index is 13.3. The molecular weight excluding hydrogens is 548 g/mol. The first-order valence-corrected chi connectivity index (χ1v) is 14.3. The van der Waals surface area contributed by atoms with Crippen molar-refractivity contribution in [2.75, 3.05) is 33.4 Å². The fourth-order valence-corrected chi connectivity index (χ4v) is 5.08. The number of benzene rings is 1. The lowest BCUT2D eigenvalue weighted by molar-refractivity contribution is -0.165. The first-order valence-electron chi connectivity index (χ1n) is 14.3. The van der Waals surface area contributed by atoms with Gasteiger partial charge in [-0.2, -0.15) is 8.78 Å². The average Bonchev–Trinajstić information content (AvgIpc) is 3.60. The molecule has 0 amide bonds. The van der Waals surface area contributed by atoms with Crippen LogP contribution < -0.4 is 14.2 Å². The van der Waals surface area contributed by atoms with E-state index < -0.39 is 12.2 Å². The molecule has 3 aromatic rings. The Hall–Kier alpha value is -3.73. The monoisotopic (exact) mass is 585 g/mol. The predicted molar refractivity (Wildman–Crippen MR) is 151 cm³/mol. The Morgan fingerprint density at radius 3 is 2.52 bits per heavy atom. The highest BCUT2D eigenvalue weighted by molar-refractivity contribution is 6.02. The Morgan fingerprint density at radius 2 is 1.86 bits per heavy atom. The third-order valence-corrected chi connectivity index (χ3v) is 7.32. The molecule has 0 atom stereocenters. The van der Waals surface area contributed by atoms with Gasteiger partial charge >= 0.3 is 12.6 Å².